The fourth-order valence-electron chi connectivity index (χ4n) is 1.53. The Kier molecular flexibility index (Phi) is 4.64. The summed E-state index contributed by atoms with van der Waals surface area (Å²) in [6.45, 7) is 0. The van der Waals surface area contributed by atoms with Crippen molar-refractivity contribution in [3.8, 4) is 5.88 Å². The number of aromatic hydroxyl groups is 1. The van der Waals surface area contributed by atoms with Crippen LogP contribution in [0.5, 0.6) is 5.88 Å². The molecule has 0 aliphatic rings. The van der Waals surface area contributed by atoms with Gasteiger partial charge in [0.05, 0.1) is 6.42 Å². The predicted octanol–water partition coefficient (Wildman–Crippen LogP) is -2.46. The van der Waals surface area contributed by atoms with E-state index in [2.05, 4.69) is 4.99 Å². The van der Waals surface area contributed by atoms with E-state index in [9.17, 15) is 24.3 Å². The molecule has 1 heterocycles. The number of hydrogen-bond acceptors (Lipinski definition) is 6. The van der Waals surface area contributed by atoms with Crippen molar-refractivity contribution in [3.63, 3.8) is 0 Å². The Bertz CT molecular complexity index is 729. The minimum Gasteiger partial charge on any atom is -0.494 e. The van der Waals surface area contributed by atoms with E-state index in [4.69, 9.17) is 10.8 Å². The van der Waals surface area contributed by atoms with Crippen molar-refractivity contribution in [1.29, 1.82) is 0 Å². The van der Waals surface area contributed by atoms with E-state index >= 15 is 0 Å². The lowest BCUT2D eigenvalue weighted by molar-refractivity contribution is -0.140. The summed E-state index contributed by atoms with van der Waals surface area (Å²) in [7, 11) is 2.42. The zero-order valence-corrected chi connectivity index (χ0v) is 11.3. The molecule has 1 rings (SSSR count). The van der Waals surface area contributed by atoms with Crippen LogP contribution in [0.4, 0.5) is 0 Å². The second-order valence-electron chi connectivity index (χ2n) is 4.25. The van der Waals surface area contributed by atoms with E-state index in [1.54, 1.807) is 0 Å². The number of hydrogen-bond donors (Lipinski definition) is 3. The number of carbonyl (C=O) groups is 2. The first kappa shape index (κ1) is 16.1. The van der Waals surface area contributed by atoms with Crippen LogP contribution in [-0.2, 0) is 23.7 Å². The summed E-state index contributed by atoms with van der Waals surface area (Å²) < 4.78 is 1.53. The molecule has 0 saturated heterocycles. The number of nitrogens with two attached hydrogens (primary N) is 1. The third-order valence-electron chi connectivity index (χ3n) is 2.73. The van der Waals surface area contributed by atoms with Gasteiger partial charge in [-0.2, -0.15) is 0 Å². The molecule has 10 nitrogen and oxygen atoms in total. The fraction of sp³-hybridized carbons (Fsp3) is 0.364. The summed E-state index contributed by atoms with van der Waals surface area (Å²) >= 11 is 0. The van der Waals surface area contributed by atoms with Gasteiger partial charge in [-0.25, -0.2) is 9.59 Å². The molecular weight excluding hydrogens is 284 g/mol. The number of aliphatic carboxylic acids is 1. The van der Waals surface area contributed by atoms with Gasteiger partial charge in [-0.05, 0) is 0 Å². The molecule has 0 spiro atoms. The number of nitrogens with zero attached hydrogens (tertiary/aromatic N) is 3. The molecule has 0 fully saturated rings. The van der Waals surface area contributed by atoms with Gasteiger partial charge < -0.3 is 15.9 Å². The van der Waals surface area contributed by atoms with Crippen LogP contribution in [0.25, 0.3) is 0 Å². The van der Waals surface area contributed by atoms with Crippen molar-refractivity contribution in [3.05, 3.63) is 26.4 Å². The Hall–Kier alpha value is -2.91. The van der Waals surface area contributed by atoms with E-state index in [0.29, 0.717) is 0 Å². The van der Waals surface area contributed by atoms with Crippen LogP contribution in [0, 0.1) is 0 Å². The highest BCUT2D eigenvalue weighted by atomic mass is 16.4. The SMILES string of the molecule is Cn1c(O)c(C=N[C@@H](CC(N)=O)C(=O)O)c(=O)n(C)c1=O. The van der Waals surface area contributed by atoms with Gasteiger partial charge in [0.15, 0.2) is 6.04 Å². The number of primary amides is 1. The van der Waals surface area contributed by atoms with Crippen LogP contribution >= 0.6 is 0 Å². The molecule has 1 amide bonds. The fourth-order valence-corrected chi connectivity index (χ4v) is 1.53. The maximum atomic E-state index is 11.8. The molecule has 114 valence electrons. The van der Waals surface area contributed by atoms with Gasteiger partial charge in [0, 0.05) is 20.3 Å². The minimum absolute atomic E-state index is 0.365. The summed E-state index contributed by atoms with van der Waals surface area (Å²) in [6.07, 6.45) is 0.248. The highest BCUT2D eigenvalue weighted by Crippen LogP contribution is 2.07. The van der Waals surface area contributed by atoms with Gasteiger partial charge in [-0.15, -0.1) is 0 Å². The first-order valence-electron chi connectivity index (χ1n) is 5.70. The van der Waals surface area contributed by atoms with E-state index in [1.165, 1.54) is 14.1 Å². The van der Waals surface area contributed by atoms with E-state index < -0.39 is 41.5 Å². The average molecular weight is 298 g/mol. The monoisotopic (exact) mass is 298 g/mol. The summed E-state index contributed by atoms with van der Waals surface area (Å²) in [4.78, 5) is 48.5. The van der Waals surface area contributed by atoms with Crippen LogP contribution in [-0.4, -0.2) is 43.5 Å². The summed E-state index contributed by atoms with van der Waals surface area (Å²) in [5, 5.41) is 18.6. The second kappa shape index (κ2) is 6.03. The number of carboxylic acids is 1. The quantitative estimate of drug-likeness (QED) is 0.511. The third kappa shape index (κ3) is 3.35. The first-order chi connectivity index (χ1) is 9.66. The topological polar surface area (TPSA) is 157 Å². The number of amides is 1. The van der Waals surface area contributed by atoms with Crippen molar-refractivity contribution in [2.45, 2.75) is 12.5 Å². The largest absolute Gasteiger partial charge is 0.494 e. The number of carbonyl (C=O) groups excluding carboxylic acids is 1. The molecule has 0 unspecified atom stereocenters. The standard InChI is InChI=1S/C11H14N4O6/c1-14-8(17)5(9(18)15(2)11(14)21)4-13-6(10(19)20)3-7(12)16/h4,6,17H,3H2,1-2H3,(H2,12,16)(H,19,20)/t6-/m0/s1. The Morgan fingerprint density at radius 3 is 2.38 bits per heavy atom. The highest BCUT2D eigenvalue weighted by molar-refractivity contribution is 5.88. The second-order valence-corrected chi connectivity index (χ2v) is 4.25. The lowest BCUT2D eigenvalue weighted by Crippen LogP contribution is -2.38. The highest BCUT2D eigenvalue weighted by Gasteiger charge is 2.19. The van der Waals surface area contributed by atoms with Gasteiger partial charge in [-0.1, -0.05) is 0 Å². The van der Waals surface area contributed by atoms with Crippen molar-refractivity contribution in [1.82, 2.24) is 9.13 Å². The van der Waals surface area contributed by atoms with Crippen LogP contribution < -0.4 is 17.0 Å². The average Bonchev–Trinajstić information content (AvgIpc) is 2.41. The Labute approximate surface area is 117 Å². The minimum atomic E-state index is -1.48. The molecule has 4 N–H and O–H groups in total. The molecule has 0 saturated carbocycles. The molecule has 1 atom stereocenters. The zero-order chi connectivity index (χ0) is 16.3. The number of carboxylic acid groups (broad SMARTS) is 1. The van der Waals surface area contributed by atoms with Crippen molar-refractivity contribution >= 4 is 18.1 Å². The maximum Gasteiger partial charge on any atom is 0.333 e. The molecule has 0 bridgehead atoms. The van der Waals surface area contributed by atoms with E-state index in [1.807, 2.05) is 0 Å². The van der Waals surface area contributed by atoms with Gasteiger partial charge in [-0.3, -0.25) is 23.7 Å². The van der Waals surface area contributed by atoms with E-state index in [-0.39, 0.29) is 5.56 Å². The Morgan fingerprint density at radius 1 is 1.33 bits per heavy atom. The van der Waals surface area contributed by atoms with Crippen LogP contribution in [0.1, 0.15) is 12.0 Å². The zero-order valence-electron chi connectivity index (χ0n) is 11.3. The van der Waals surface area contributed by atoms with Crippen molar-refractivity contribution in [2.24, 2.45) is 24.8 Å². The number of aromatic nitrogens is 2. The lowest BCUT2D eigenvalue weighted by Gasteiger charge is -2.08. The molecule has 1 aromatic rings. The number of rotatable bonds is 5. The Balaban J connectivity index is 3.33. The van der Waals surface area contributed by atoms with Gasteiger partial charge >= 0.3 is 11.7 Å². The van der Waals surface area contributed by atoms with Gasteiger partial charge in [0.1, 0.15) is 5.56 Å². The maximum absolute atomic E-state index is 11.8. The molecular formula is C11H14N4O6. The lowest BCUT2D eigenvalue weighted by atomic mass is 10.2. The van der Waals surface area contributed by atoms with Gasteiger partial charge in [0.2, 0.25) is 11.8 Å². The number of aliphatic imine (C=N–C) groups is 1. The molecule has 10 heteroatoms. The molecule has 21 heavy (non-hydrogen) atoms. The summed E-state index contributed by atoms with van der Waals surface area (Å²) in [6, 6.07) is -1.48. The smallest absolute Gasteiger partial charge is 0.333 e. The third-order valence-corrected chi connectivity index (χ3v) is 2.73. The molecule has 0 radical (unpaired) electrons. The van der Waals surface area contributed by atoms with Crippen molar-refractivity contribution < 1.29 is 19.8 Å². The Morgan fingerprint density at radius 2 is 1.90 bits per heavy atom. The predicted molar refractivity (Wildman–Crippen MR) is 71.4 cm³/mol. The molecule has 0 aliphatic heterocycles. The van der Waals surface area contributed by atoms with E-state index in [0.717, 1.165) is 15.3 Å². The van der Waals surface area contributed by atoms with Crippen LogP contribution in [0.15, 0.2) is 14.6 Å². The van der Waals surface area contributed by atoms with Crippen LogP contribution in [0.3, 0.4) is 0 Å². The normalized spacial score (nSPS) is 12.5. The van der Waals surface area contributed by atoms with Crippen LogP contribution in [0.2, 0.25) is 0 Å². The summed E-state index contributed by atoms with van der Waals surface area (Å²) in [5.41, 5.74) is 2.93. The van der Waals surface area contributed by atoms with Crippen molar-refractivity contribution in [2.75, 3.05) is 0 Å². The summed E-state index contributed by atoms with van der Waals surface area (Å²) in [5.74, 6) is -2.95. The molecule has 0 aromatic carbocycles. The first-order valence-corrected chi connectivity index (χ1v) is 5.70. The van der Waals surface area contributed by atoms with Gasteiger partial charge in [0.25, 0.3) is 5.56 Å². The molecule has 1 aromatic heterocycles. The molecule has 0 aliphatic carbocycles.